The maximum atomic E-state index is 12.9. The molecule has 24 heavy (non-hydrogen) atoms. The number of hydrogen-bond donors (Lipinski definition) is 1. The Labute approximate surface area is 136 Å². The number of aromatic amines is 1. The lowest BCUT2D eigenvalue weighted by Crippen LogP contribution is -2.04. The van der Waals surface area contributed by atoms with Crippen LogP contribution in [0.3, 0.4) is 0 Å². The van der Waals surface area contributed by atoms with E-state index >= 15 is 0 Å². The van der Waals surface area contributed by atoms with Crippen LogP contribution >= 0.6 is 0 Å². The Kier molecular flexibility index (Phi) is 3.83. The van der Waals surface area contributed by atoms with Gasteiger partial charge in [0.15, 0.2) is 6.29 Å². The van der Waals surface area contributed by atoms with Gasteiger partial charge in [-0.15, -0.1) is 0 Å². The molecule has 0 saturated heterocycles. The van der Waals surface area contributed by atoms with Crippen molar-refractivity contribution in [3.63, 3.8) is 0 Å². The van der Waals surface area contributed by atoms with Crippen LogP contribution in [0.2, 0.25) is 0 Å². The molecule has 3 aromatic rings. The largest absolute Gasteiger partial charge is 0.496 e. The zero-order valence-electron chi connectivity index (χ0n) is 13.0. The number of carbonyl (C=O) groups excluding carboxylic acids is 1. The summed E-state index contributed by atoms with van der Waals surface area (Å²) in [6.07, 6.45) is -3.90. The van der Waals surface area contributed by atoms with Gasteiger partial charge in [-0.05, 0) is 37.3 Å². The summed E-state index contributed by atoms with van der Waals surface area (Å²) < 4.78 is 44.1. The summed E-state index contributed by atoms with van der Waals surface area (Å²) in [6.45, 7) is 1.88. The quantitative estimate of drug-likeness (QED) is 0.687. The van der Waals surface area contributed by atoms with Crippen molar-refractivity contribution >= 4 is 17.2 Å². The van der Waals surface area contributed by atoms with E-state index in [2.05, 4.69) is 4.98 Å². The molecule has 124 valence electrons. The Morgan fingerprint density at radius 2 is 1.88 bits per heavy atom. The lowest BCUT2D eigenvalue weighted by molar-refractivity contribution is -0.137. The minimum atomic E-state index is -4.47. The minimum absolute atomic E-state index is 0.181. The summed E-state index contributed by atoms with van der Waals surface area (Å²) in [7, 11) is 1.50. The molecule has 0 amide bonds. The first-order chi connectivity index (χ1) is 11.3. The summed E-state index contributed by atoms with van der Waals surface area (Å²) in [6, 6.07) is 8.74. The van der Waals surface area contributed by atoms with Gasteiger partial charge in [0.2, 0.25) is 0 Å². The van der Waals surface area contributed by atoms with Gasteiger partial charge in [-0.2, -0.15) is 13.2 Å². The second kappa shape index (κ2) is 5.70. The van der Waals surface area contributed by atoms with E-state index in [0.717, 1.165) is 17.7 Å². The van der Waals surface area contributed by atoms with E-state index in [1.54, 1.807) is 6.07 Å². The van der Waals surface area contributed by atoms with E-state index < -0.39 is 11.7 Å². The van der Waals surface area contributed by atoms with E-state index in [-0.39, 0.29) is 10.9 Å². The lowest BCUT2D eigenvalue weighted by Gasteiger charge is -2.09. The fourth-order valence-electron chi connectivity index (χ4n) is 2.74. The molecule has 0 saturated carbocycles. The first-order valence-corrected chi connectivity index (χ1v) is 7.18. The van der Waals surface area contributed by atoms with Crippen LogP contribution in [0.4, 0.5) is 13.2 Å². The molecule has 6 heteroatoms. The van der Waals surface area contributed by atoms with Gasteiger partial charge in [-0.1, -0.05) is 11.6 Å². The van der Waals surface area contributed by atoms with Crippen LogP contribution in [0.15, 0.2) is 36.4 Å². The number of aromatic nitrogens is 1. The Balaban J connectivity index is 2.30. The third kappa shape index (κ3) is 2.64. The Morgan fingerprint density at radius 3 is 2.50 bits per heavy atom. The second-order valence-electron chi connectivity index (χ2n) is 5.49. The molecule has 0 aliphatic rings. The molecule has 1 heterocycles. The van der Waals surface area contributed by atoms with E-state index in [4.69, 9.17) is 4.74 Å². The molecular weight excluding hydrogens is 319 g/mol. The molecule has 1 aromatic heterocycles. The number of aryl methyl sites for hydroxylation is 1. The lowest BCUT2D eigenvalue weighted by atomic mass is 10.0. The highest BCUT2D eigenvalue weighted by Gasteiger charge is 2.31. The smallest absolute Gasteiger partial charge is 0.416 e. The predicted octanol–water partition coefficient (Wildman–Crippen LogP) is 4.98. The van der Waals surface area contributed by atoms with Crippen molar-refractivity contribution in [2.24, 2.45) is 0 Å². The van der Waals surface area contributed by atoms with Crippen LogP contribution in [0.25, 0.3) is 22.2 Å². The Hall–Kier alpha value is -2.76. The fraction of sp³-hybridized carbons (Fsp3) is 0.167. The van der Waals surface area contributed by atoms with Crippen molar-refractivity contribution in [2.45, 2.75) is 13.1 Å². The van der Waals surface area contributed by atoms with Crippen molar-refractivity contribution in [3.05, 3.63) is 53.1 Å². The zero-order chi connectivity index (χ0) is 17.5. The average Bonchev–Trinajstić information content (AvgIpc) is 2.91. The van der Waals surface area contributed by atoms with Crippen LogP contribution in [0, 0.1) is 6.92 Å². The topological polar surface area (TPSA) is 42.1 Å². The summed E-state index contributed by atoms with van der Waals surface area (Å²) in [5, 5.41) is 0.235. The minimum Gasteiger partial charge on any atom is -0.496 e. The number of carbonyl (C=O) groups is 1. The number of alkyl halides is 3. The van der Waals surface area contributed by atoms with Crippen molar-refractivity contribution in [2.75, 3.05) is 7.11 Å². The molecule has 0 spiro atoms. The molecule has 1 N–H and O–H groups in total. The highest BCUT2D eigenvalue weighted by molar-refractivity contribution is 6.05. The van der Waals surface area contributed by atoms with Crippen molar-refractivity contribution in [1.29, 1.82) is 0 Å². The third-order valence-corrected chi connectivity index (χ3v) is 3.91. The van der Waals surface area contributed by atoms with Crippen LogP contribution in [0.5, 0.6) is 5.75 Å². The normalized spacial score (nSPS) is 11.7. The summed E-state index contributed by atoms with van der Waals surface area (Å²) >= 11 is 0. The van der Waals surface area contributed by atoms with Crippen molar-refractivity contribution < 1.29 is 22.7 Å². The van der Waals surface area contributed by atoms with Crippen molar-refractivity contribution in [1.82, 2.24) is 4.98 Å². The second-order valence-corrected chi connectivity index (χ2v) is 5.49. The number of hydrogen-bond acceptors (Lipinski definition) is 2. The Morgan fingerprint density at radius 1 is 1.12 bits per heavy atom. The number of methoxy groups -OCH3 is 1. The van der Waals surface area contributed by atoms with Crippen LogP contribution in [-0.2, 0) is 6.18 Å². The van der Waals surface area contributed by atoms with Crippen molar-refractivity contribution in [3.8, 4) is 17.0 Å². The molecule has 0 atom stereocenters. The van der Waals surface area contributed by atoms with E-state index in [1.807, 2.05) is 19.1 Å². The molecule has 0 unspecified atom stereocenters. The number of halogens is 3. The van der Waals surface area contributed by atoms with Crippen LogP contribution in [0.1, 0.15) is 21.5 Å². The molecule has 3 nitrogen and oxygen atoms in total. The maximum absolute atomic E-state index is 12.9. The average molecular weight is 333 g/mol. The maximum Gasteiger partial charge on any atom is 0.416 e. The highest BCUT2D eigenvalue weighted by atomic mass is 19.4. The van der Waals surface area contributed by atoms with Gasteiger partial charge in [0.05, 0.1) is 18.4 Å². The fourth-order valence-corrected chi connectivity index (χ4v) is 2.74. The third-order valence-electron chi connectivity index (χ3n) is 3.91. The van der Waals surface area contributed by atoms with E-state index in [0.29, 0.717) is 28.8 Å². The van der Waals surface area contributed by atoms with E-state index in [1.165, 1.54) is 13.2 Å². The van der Waals surface area contributed by atoms with Gasteiger partial charge in [-0.3, -0.25) is 4.79 Å². The van der Waals surface area contributed by atoms with E-state index in [9.17, 15) is 18.0 Å². The zero-order valence-corrected chi connectivity index (χ0v) is 13.0. The summed E-state index contributed by atoms with van der Waals surface area (Å²) in [4.78, 5) is 14.6. The molecule has 0 bridgehead atoms. The van der Waals surface area contributed by atoms with Gasteiger partial charge < -0.3 is 9.72 Å². The summed E-state index contributed by atoms with van der Waals surface area (Å²) in [5.41, 5.74) is 1.87. The molecule has 2 aromatic carbocycles. The summed E-state index contributed by atoms with van der Waals surface area (Å²) in [5.74, 6) is 0.534. The van der Waals surface area contributed by atoms with Gasteiger partial charge in [0.1, 0.15) is 5.75 Å². The first kappa shape index (κ1) is 16.1. The highest BCUT2D eigenvalue weighted by Crippen LogP contribution is 2.38. The molecule has 0 aliphatic heterocycles. The van der Waals surface area contributed by atoms with Crippen LogP contribution < -0.4 is 4.74 Å². The molecular formula is C18H14F3NO2. The molecule has 0 aliphatic carbocycles. The van der Waals surface area contributed by atoms with Gasteiger partial charge in [0.25, 0.3) is 0 Å². The molecule has 3 rings (SSSR count). The number of ether oxygens (including phenoxy) is 1. The number of benzene rings is 2. The number of aldehydes is 1. The number of nitrogens with one attached hydrogen (secondary N) is 1. The van der Waals surface area contributed by atoms with Gasteiger partial charge >= 0.3 is 6.18 Å². The van der Waals surface area contributed by atoms with Crippen LogP contribution in [-0.4, -0.2) is 18.4 Å². The monoisotopic (exact) mass is 333 g/mol. The predicted molar refractivity (Wildman–Crippen MR) is 85.4 cm³/mol. The molecule has 0 fully saturated rings. The number of fused-ring (bicyclic) bond motifs is 1. The van der Waals surface area contributed by atoms with Gasteiger partial charge in [0, 0.05) is 22.0 Å². The number of rotatable bonds is 3. The first-order valence-electron chi connectivity index (χ1n) is 7.18. The number of H-pyrrole nitrogens is 1. The standard InChI is InChI=1S/C18H14F3NO2/c1-10-3-6-16(24-2)13(7-10)17-14(9-23)12-8-11(18(19,20)21)4-5-15(12)22-17/h3-9,22H,1-2H3. The SMILES string of the molecule is COc1ccc(C)cc1-c1[nH]c2ccc(C(F)(F)F)cc2c1C=O. The van der Waals surface area contributed by atoms with Gasteiger partial charge in [-0.25, -0.2) is 0 Å². The Bertz CT molecular complexity index is 926. The molecule has 0 radical (unpaired) electrons.